The fourth-order valence-corrected chi connectivity index (χ4v) is 3.86. The molecule has 1 aromatic rings. The molecule has 110 valence electrons. The van der Waals surface area contributed by atoms with E-state index < -0.39 is 0 Å². The molecule has 1 aliphatic carbocycles. The molecule has 0 spiro atoms. The van der Waals surface area contributed by atoms with Crippen molar-refractivity contribution in [2.24, 2.45) is 11.3 Å². The van der Waals surface area contributed by atoms with Crippen molar-refractivity contribution in [1.29, 1.82) is 0 Å². The van der Waals surface area contributed by atoms with E-state index in [-0.39, 0.29) is 0 Å². The van der Waals surface area contributed by atoms with Gasteiger partial charge in [0.25, 0.3) is 0 Å². The standard InChI is InChI=1S/C18H28N2/c1-18(2,16-7-9-19-10-8-16)13-20-17-11-14-5-3-4-6-15(14)12-17/h3-6,16-17,19-20H,7-13H2,1-2H3. The molecule has 0 unspecified atom stereocenters. The zero-order valence-electron chi connectivity index (χ0n) is 12.9. The molecule has 1 heterocycles. The summed E-state index contributed by atoms with van der Waals surface area (Å²) in [6.07, 6.45) is 5.08. The molecule has 3 rings (SSSR count). The van der Waals surface area contributed by atoms with Crippen molar-refractivity contribution < 1.29 is 0 Å². The summed E-state index contributed by atoms with van der Waals surface area (Å²) in [5.74, 6) is 0.861. The first kappa shape index (κ1) is 14.1. The van der Waals surface area contributed by atoms with Gasteiger partial charge in [-0.15, -0.1) is 0 Å². The lowest BCUT2D eigenvalue weighted by molar-refractivity contribution is 0.157. The molecule has 0 aromatic heterocycles. The van der Waals surface area contributed by atoms with Gasteiger partial charge in [-0.1, -0.05) is 38.1 Å². The molecule has 0 amide bonds. The summed E-state index contributed by atoms with van der Waals surface area (Å²) in [4.78, 5) is 0. The first-order valence-corrected chi connectivity index (χ1v) is 8.16. The minimum absolute atomic E-state index is 0.414. The monoisotopic (exact) mass is 272 g/mol. The van der Waals surface area contributed by atoms with Gasteiger partial charge in [-0.05, 0) is 61.2 Å². The lowest BCUT2D eigenvalue weighted by atomic mass is 9.74. The number of nitrogens with one attached hydrogen (secondary N) is 2. The fraction of sp³-hybridized carbons (Fsp3) is 0.667. The molecule has 0 bridgehead atoms. The molecule has 0 radical (unpaired) electrons. The normalized spacial score (nSPS) is 21.1. The van der Waals surface area contributed by atoms with E-state index in [1.54, 1.807) is 11.1 Å². The number of piperidine rings is 1. The van der Waals surface area contributed by atoms with Gasteiger partial charge >= 0.3 is 0 Å². The Balaban J connectivity index is 1.52. The van der Waals surface area contributed by atoms with Gasteiger partial charge in [0.15, 0.2) is 0 Å². The summed E-state index contributed by atoms with van der Waals surface area (Å²) in [5.41, 5.74) is 3.51. The van der Waals surface area contributed by atoms with Gasteiger partial charge in [0.05, 0.1) is 0 Å². The summed E-state index contributed by atoms with van der Waals surface area (Å²) in [6.45, 7) is 8.43. The van der Waals surface area contributed by atoms with Crippen molar-refractivity contribution in [3.63, 3.8) is 0 Å². The molecule has 2 N–H and O–H groups in total. The summed E-state index contributed by atoms with van der Waals surface area (Å²) < 4.78 is 0. The molecule has 2 heteroatoms. The van der Waals surface area contributed by atoms with Crippen molar-refractivity contribution in [2.45, 2.75) is 45.6 Å². The molecule has 20 heavy (non-hydrogen) atoms. The molecule has 0 atom stereocenters. The molecular weight excluding hydrogens is 244 g/mol. The van der Waals surface area contributed by atoms with Gasteiger partial charge < -0.3 is 10.6 Å². The van der Waals surface area contributed by atoms with E-state index in [0.717, 1.165) is 12.5 Å². The highest BCUT2D eigenvalue weighted by Crippen LogP contribution is 2.33. The predicted molar refractivity (Wildman–Crippen MR) is 85.0 cm³/mol. The maximum atomic E-state index is 3.85. The van der Waals surface area contributed by atoms with Crippen molar-refractivity contribution in [1.82, 2.24) is 10.6 Å². The Labute approximate surface area is 123 Å². The Bertz CT molecular complexity index is 421. The van der Waals surface area contributed by atoms with Crippen LogP contribution >= 0.6 is 0 Å². The summed E-state index contributed by atoms with van der Waals surface area (Å²) in [5, 5.41) is 7.32. The van der Waals surface area contributed by atoms with Crippen LogP contribution < -0.4 is 10.6 Å². The zero-order valence-corrected chi connectivity index (χ0v) is 12.9. The Morgan fingerprint density at radius 2 is 1.70 bits per heavy atom. The SMILES string of the molecule is CC(C)(CNC1Cc2ccccc2C1)C1CCNCC1. The van der Waals surface area contributed by atoms with Crippen LogP contribution in [-0.2, 0) is 12.8 Å². The number of rotatable bonds is 4. The number of hydrogen-bond donors (Lipinski definition) is 2. The summed E-state index contributed by atoms with van der Waals surface area (Å²) in [6, 6.07) is 9.55. The van der Waals surface area contributed by atoms with Crippen LogP contribution in [0.2, 0.25) is 0 Å². The highest BCUT2D eigenvalue weighted by Gasteiger charge is 2.31. The third-order valence-corrected chi connectivity index (χ3v) is 5.34. The van der Waals surface area contributed by atoms with Gasteiger partial charge in [0, 0.05) is 12.6 Å². The first-order chi connectivity index (χ1) is 9.65. The average molecular weight is 272 g/mol. The minimum atomic E-state index is 0.414. The molecule has 1 fully saturated rings. The first-order valence-electron chi connectivity index (χ1n) is 8.16. The van der Waals surface area contributed by atoms with E-state index in [4.69, 9.17) is 0 Å². The molecule has 2 aliphatic rings. The van der Waals surface area contributed by atoms with Crippen molar-refractivity contribution in [3.05, 3.63) is 35.4 Å². The van der Waals surface area contributed by atoms with Crippen LogP contribution in [0, 0.1) is 11.3 Å². The maximum Gasteiger partial charge on any atom is 0.0148 e. The smallest absolute Gasteiger partial charge is 0.0148 e. The van der Waals surface area contributed by atoms with Crippen LogP contribution in [0.25, 0.3) is 0 Å². The molecular formula is C18H28N2. The zero-order chi connectivity index (χ0) is 14.0. The van der Waals surface area contributed by atoms with E-state index in [1.807, 2.05) is 0 Å². The third kappa shape index (κ3) is 3.07. The second-order valence-electron chi connectivity index (χ2n) is 7.27. The molecule has 1 aromatic carbocycles. The van der Waals surface area contributed by atoms with Gasteiger partial charge in [-0.3, -0.25) is 0 Å². The van der Waals surface area contributed by atoms with E-state index in [2.05, 4.69) is 48.7 Å². The molecule has 1 saturated heterocycles. The van der Waals surface area contributed by atoms with Crippen molar-refractivity contribution in [2.75, 3.05) is 19.6 Å². The van der Waals surface area contributed by atoms with Crippen LogP contribution in [0.4, 0.5) is 0 Å². The number of benzene rings is 1. The van der Waals surface area contributed by atoms with E-state index in [9.17, 15) is 0 Å². The Kier molecular flexibility index (Phi) is 4.13. The molecule has 1 aliphatic heterocycles. The quantitative estimate of drug-likeness (QED) is 0.881. The van der Waals surface area contributed by atoms with Crippen LogP contribution in [0.5, 0.6) is 0 Å². The van der Waals surface area contributed by atoms with Crippen molar-refractivity contribution in [3.8, 4) is 0 Å². The Morgan fingerprint density at radius 3 is 2.30 bits per heavy atom. The van der Waals surface area contributed by atoms with Crippen LogP contribution in [0.1, 0.15) is 37.8 Å². The van der Waals surface area contributed by atoms with Gasteiger partial charge in [-0.25, -0.2) is 0 Å². The Morgan fingerprint density at radius 1 is 1.10 bits per heavy atom. The van der Waals surface area contributed by atoms with Gasteiger partial charge in [0.2, 0.25) is 0 Å². The second-order valence-corrected chi connectivity index (χ2v) is 7.27. The lowest BCUT2D eigenvalue weighted by Gasteiger charge is -2.38. The van der Waals surface area contributed by atoms with Gasteiger partial charge in [0.1, 0.15) is 0 Å². The largest absolute Gasteiger partial charge is 0.317 e. The third-order valence-electron chi connectivity index (χ3n) is 5.34. The average Bonchev–Trinajstić information content (AvgIpc) is 2.89. The van der Waals surface area contributed by atoms with E-state index in [0.29, 0.717) is 11.5 Å². The highest BCUT2D eigenvalue weighted by molar-refractivity contribution is 5.33. The number of hydrogen-bond acceptors (Lipinski definition) is 2. The predicted octanol–water partition coefficient (Wildman–Crippen LogP) is 2.77. The maximum absolute atomic E-state index is 3.85. The highest BCUT2D eigenvalue weighted by atomic mass is 14.9. The summed E-state index contributed by atoms with van der Waals surface area (Å²) >= 11 is 0. The molecule has 2 nitrogen and oxygen atoms in total. The fourth-order valence-electron chi connectivity index (χ4n) is 3.86. The minimum Gasteiger partial charge on any atom is -0.317 e. The van der Waals surface area contributed by atoms with Crippen molar-refractivity contribution >= 4 is 0 Å². The van der Waals surface area contributed by atoms with Crippen LogP contribution in [-0.4, -0.2) is 25.7 Å². The van der Waals surface area contributed by atoms with Crippen LogP contribution in [0.15, 0.2) is 24.3 Å². The Hall–Kier alpha value is -0.860. The van der Waals surface area contributed by atoms with E-state index in [1.165, 1.54) is 38.8 Å². The van der Waals surface area contributed by atoms with Gasteiger partial charge in [-0.2, -0.15) is 0 Å². The number of fused-ring (bicyclic) bond motifs is 1. The molecule has 0 saturated carbocycles. The summed E-state index contributed by atoms with van der Waals surface area (Å²) in [7, 11) is 0. The van der Waals surface area contributed by atoms with Crippen LogP contribution in [0.3, 0.4) is 0 Å². The second kappa shape index (κ2) is 5.87. The lowest BCUT2D eigenvalue weighted by Crippen LogP contribution is -2.44. The van der Waals surface area contributed by atoms with E-state index >= 15 is 0 Å². The topological polar surface area (TPSA) is 24.1 Å².